The monoisotopic (exact) mass is 557 g/mol. The number of carbonyl (C=O) groups is 4. The van der Waals surface area contributed by atoms with Crippen LogP contribution in [0, 0.1) is 5.41 Å². The fourth-order valence-corrected chi connectivity index (χ4v) is 5.30. The van der Waals surface area contributed by atoms with Crippen molar-refractivity contribution in [2.24, 2.45) is 5.41 Å². The number of aliphatic hydroxyl groups is 1. The van der Waals surface area contributed by atoms with Crippen LogP contribution in [0.2, 0.25) is 0 Å². The summed E-state index contributed by atoms with van der Waals surface area (Å²) in [5, 5.41) is 25.0. The molecule has 1 aliphatic heterocycles. The maximum atomic E-state index is 13.7. The highest BCUT2D eigenvalue weighted by atomic mass is 32.2. The number of ether oxygens (including phenoxy) is 1. The molecule has 4 N–H and O–H groups in total. The molecule has 2 aromatic carbocycles. The smallest absolute Gasteiger partial charge is 0.408 e. The number of nitrogens with one attached hydrogen (secondary N) is 2. The van der Waals surface area contributed by atoms with Gasteiger partial charge in [0, 0.05) is 5.75 Å². The van der Waals surface area contributed by atoms with Gasteiger partial charge in [-0.1, -0.05) is 81.4 Å². The van der Waals surface area contributed by atoms with E-state index < -0.39 is 53.5 Å². The topological polar surface area (TPSA) is 145 Å². The summed E-state index contributed by atoms with van der Waals surface area (Å²) >= 11 is 1.37. The Bertz CT molecular complexity index is 1140. The number of thioether (sulfide) groups is 1. The normalized spacial score (nSPS) is 17.5. The molecule has 10 nitrogen and oxygen atoms in total. The first kappa shape index (κ1) is 30.0. The molecule has 3 amide bonds. The zero-order valence-corrected chi connectivity index (χ0v) is 23.0. The molecule has 1 heterocycles. The van der Waals surface area contributed by atoms with Gasteiger partial charge in [0.05, 0.1) is 11.9 Å². The molecule has 3 rings (SSSR count). The minimum Gasteiger partial charge on any atom is -0.479 e. The summed E-state index contributed by atoms with van der Waals surface area (Å²) in [5.74, 6) is -1.99. The number of alkyl carbamates (subject to hydrolysis) is 1. The molecule has 0 radical (unpaired) electrons. The van der Waals surface area contributed by atoms with Gasteiger partial charge in [0.1, 0.15) is 18.7 Å². The molecule has 1 unspecified atom stereocenters. The maximum absolute atomic E-state index is 13.7. The van der Waals surface area contributed by atoms with Crippen molar-refractivity contribution in [1.82, 2.24) is 15.5 Å². The highest BCUT2D eigenvalue weighted by Crippen LogP contribution is 2.28. The maximum Gasteiger partial charge on any atom is 0.408 e. The van der Waals surface area contributed by atoms with E-state index in [1.54, 1.807) is 51.1 Å². The van der Waals surface area contributed by atoms with Gasteiger partial charge in [0.2, 0.25) is 11.8 Å². The second kappa shape index (κ2) is 13.5. The minimum atomic E-state index is -1.84. The lowest BCUT2D eigenvalue weighted by molar-refractivity contribution is -0.149. The Hall–Kier alpha value is -3.57. The zero-order chi connectivity index (χ0) is 28.6. The van der Waals surface area contributed by atoms with Crippen molar-refractivity contribution in [2.75, 3.05) is 11.6 Å². The van der Waals surface area contributed by atoms with Crippen molar-refractivity contribution >= 4 is 35.6 Å². The van der Waals surface area contributed by atoms with Gasteiger partial charge in [0.25, 0.3) is 0 Å². The lowest BCUT2D eigenvalue weighted by atomic mass is 9.85. The third kappa shape index (κ3) is 8.46. The fraction of sp³-hybridized carbons (Fsp3) is 0.429. The van der Waals surface area contributed by atoms with E-state index in [1.807, 2.05) is 30.3 Å². The summed E-state index contributed by atoms with van der Waals surface area (Å²) in [4.78, 5) is 52.5. The summed E-state index contributed by atoms with van der Waals surface area (Å²) in [6, 6.07) is 15.0. The number of amides is 3. The molecule has 11 heteroatoms. The number of benzene rings is 2. The van der Waals surface area contributed by atoms with Crippen LogP contribution in [0.25, 0.3) is 0 Å². The fourth-order valence-electron chi connectivity index (χ4n) is 4.13. The quantitative estimate of drug-likeness (QED) is 0.349. The number of aliphatic carboxylic acids is 1. The molecule has 1 aliphatic rings. The number of carboxylic acid groups (broad SMARTS) is 1. The van der Waals surface area contributed by atoms with Gasteiger partial charge in [0.15, 0.2) is 6.10 Å². The number of carbonyl (C=O) groups excluding carboxylic acids is 3. The van der Waals surface area contributed by atoms with Crippen molar-refractivity contribution in [3.05, 3.63) is 71.8 Å². The van der Waals surface area contributed by atoms with Crippen LogP contribution in [0.1, 0.15) is 31.9 Å². The van der Waals surface area contributed by atoms with Crippen LogP contribution < -0.4 is 10.6 Å². The van der Waals surface area contributed by atoms with Gasteiger partial charge >= 0.3 is 12.1 Å². The molecule has 1 fully saturated rings. The predicted molar refractivity (Wildman–Crippen MR) is 147 cm³/mol. The second-order valence-corrected chi connectivity index (χ2v) is 11.4. The van der Waals surface area contributed by atoms with E-state index in [9.17, 15) is 29.4 Å². The average Bonchev–Trinajstić information content (AvgIpc) is 3.40. The van der Waals surface area contributed by atoms with Gasteiger partial charge < -0.3 is 30.5 Å². The summed E-state index contributed by atoms with van der Waals surface area (Å²) in [7, 11) is 0. The molecular weight excluding hydrogens is 522 g/mol. The van der Waals surface area contributed by atoms with Crippen molar-refractivity contribution in [3.63, 3.8) is 0 Å². The Morgan fingerprint density at radius 2 is 1.59 bits per heavy atom. The Labute approximate surface area is 232 Å². The third-order valence-corrected chi connectivity index (χ3v) is 7.33. The van der Waals surface area contributed by atoms with Crippen molar-refractivity contribution in [1.29, 1.82) is 0 Å². The van der Waals surface area contributed by atoms with Gasteiger partial charge in [-0.05, 0) is 23.0 Å². The van der Waals surface area contributed by atoms with Crippen LogP contribution in [-0.2, 0) is 32.1 Å². The van der Waals surface area contributed by atoms with Crippen LogP contribution >= 0.6 is 11.8 Å². The van der Waals surface area contributed by atoms with Crippen LogP contribution in [0.4, 0.5) is 4.79 Å². The Morgan fingerprint density at radius 1 is 1.00 bits per heavy atom. The number of nitrogens with zero attached hydrogens (tertiary/aromatic N) is 1. The first-order valence-corrected chi connectivity index (χ1v) is 13.7. The van der Waals surface area contributed by atoms with Gasteiger partial charge in [-0.25, -0.2) is 9.59 Å². The SMILES string of the molecule is CC(C)(C)[C@H](NC(=O)OCc1ccccc1)C(=O)N1CSC[C@H]1C(=O)N[C@@H](Cc1ccccc1)C(O)C(=O)O. The van der Waals surface area contributed by atoms with E-state index in [2.05, 4.69) is 10.6 Å². The van der Waals surface area contributed by atoms with E-state index in [0.29, 0.717) is 0 Å². The van der Waals surface area contributed by atoms with Crippen LogP contribution in [0.3, 0.4) is 0 Å². The molecular formula is C28H35N3O7S. The van der Waals surface area contributed by atoms with Crippen LogP contribution in [0.15, 0.2) is 60.7 Å². The first-order valence-electron chi connectivity index (χ1n) is 12.6. The summed E-state index contributed by atoms with van der Waals surface area (Å²) in [5.41, 5.74) is 0.836. The van der Waals surface area contributed by atoms with E-state index >= 15 is 0 Å². The van der Waals surface area contributed by atoms with Crippen molar-refractivity contribution < 1.29 is 34.1 Å². The molecule has 39 heavy (non-hydrogen) atoms. The van der Waals surface area contributed by atoms with Crippen LogP contribution in [0.5, 0.6) is 0 Å². The third-order valence-electron chi connectivity index (χ3n) is 6.32. The first-order chi connectivity index (χ1) is 18.5. The minimum absolute atomic E-state index is 0.0387. The Morgan fingerprint density at radius 3 is 2.15 bits per heavy atom. The summed E-state index contributed by atoms with van der Waals surface area (Å²) in [6.07, 6.45) is -2.50. The Balaban J connectivity index is 1.70. The number of hydrogen-bond donors (Lipinski definition) is 4. The highest BCUT2D eigenvalue weighted by Gasteiger charge is 2.43. The molecule has 2 aromatic rings. The van der Waals surface area contributed by atoms with E-state index in [1.165, 1.54) is 16.7 Å². The number of aliphatic hydroxyl groups excluding tert-OH is 1. The molecule has 4 atom stereocenters. The highest BCUT2D eigenvalue weighted by molar-refractivity contribution is 7.99. The van der Waals surface area contributed by atoms with Gasteiger partial charge in [-0.15, -0.1) is 11.8 Å². The summed E-state index contributed by atoms with van der Waals surface area (Å²) < 4.78 is 5.31. The van der Waals surface area contributed by atoms with E-state index in [-0.39, 0.29) is 24.7 Å². The number of hydrogen-bond acceptors (Lipinski definition) is 7. The standard InChI is InChI=1S/C28H35N3O7S/c1-28(2,3)23(30-27(37)38-15-19-12-8-5-9-13-19)25(34)31-17-39-16-21(31)24(33)29-20(22(32)26(35)36)14-18-10-6-4-7-11-18/h4-13,20-23,32H,14-17H2,1-3H3,(H,29,33)(H,30,37)(H,35,36)/t20-,21-,22?,23+/m0/s1. The van der Waals surface area contributed by atoms with E-state index in [4.69, 9.17) is 4.74 Å². The average molecular weight is 558 g/mol. The molecule has 0 aliphatic carbocycles. The van der Waals surface area contributed by atoms with Crippen molar-refractivity contribution in [3.8, 4) is 0 Å². The molecule has 0 aromatic heterocycles. The second-order valence-electron chi connectivity index (χ2n) is 10.4. The van der Waals surface area contributed by atoms with Gasteiger partial charge in [-0.3, -0.25) is 9.59 Å². The van der Waals surface area contributed by atoms with Gasteiger partial charge in [-0.2, -0.15) is 0 Å². The predicted octanol–water partition coefficient (Wildman–Crippen LogP) is 2.40. The number of carboxylic acids is 1. The van der Waals surface area contributed by atoms with Crippen LogP contribution in [-0.4, -0.2) is 74.8 Å². The molecule has 210 valence electrons. The summed E-state index contributed by atoms with van der Waals surface area (Å²) in [6.45, 7) is 5.43. The van der Waals surface area contributed by atoms with E-state index in [0.717, 1.165) is 11.1 Å². The molecule has 0 saturated carbocycles. The zero-order valence-electron chi connectivity index (χ0n) is 22.2. The molecule has 0 spiro atoms. The largest absolute Gasteiger partial charge is 0.479 e. The molecule has 1 saturated heterocycles. The Kier molecular flexibility index (Phi) is 10.4. The van der Waals surface area contributed by atoms with Crippen molar-refractivity contribution in [2.45, 2.75) is 58.0 Å². The lowest BCUT2D eigenvalue weighted by Crippen LogP contribution is -2.59. The molecule has 0 bridgehead atoms. The number of rotatable bonds is 10. The lowest BCUT2D eigenvalue weighted by Gasteiger charge is -2.35.